The molecule has 0 aliphatic carbocycles. The fourth-order valence-corrected chi connectivity index (χ4v) is 2.28. The quantitative estimate of drug-likeness (QED) is 0.710. The van der Waals surface area contributed by atoms with Crippen LogP contribution in [0.2, 0.25) is 0 Å². The van der Waals surface area contributed by atoms with Crippen LogP contribution in [0, 0.1) is 5.92 Å². The minimum Gasteiger partial charge on any atom is -0.339 e. The molecule has 0 aromatic heterocycles. The van der Waals surface area contributed by atoms with Crippen LogP contribution in [0.3, 0.4) is 0 Å². The van der Waals surface area contributed by atoms with Crippen molar-refractivity contribution in [2.75, 3.05) is 53.4 Å². The SMILES string of the molecule is CC(C)C(Br)C(=O)N1CCN(CCN(C)C)CC1. The molecule has 0 N–H and O–H groups in total. The number of halogens is 1. The summed E-state index contributed by atoms with van der Waals surface area (Å²) in [6.07, 6.45) is 0. The summed E-state index contributed by atoms with van der Waals surface area (Å²) < 4.78 is 0. The Morgan fingerprint density at radius 1 is 1.22 bits per heavy atom. The molecule has 1 saturated heterocycles. The highest BCUT2D eigenvalue weighted by Crippen LogP contribution is 2.16. The number of alkyl halides is 1. The van der Waals surface area contributed by atoms with Crippen LogP contribution in [0.1, 0.15) is 13.8 Å². The zero-order valence-electron chi connectivity index (χ0n) is 12.0. The maximum Gasteiger partial charge on any atom is 0.236 e. The topological polar surface area (TPSA) is 26.8 Å². The average Bonchev–Trinajstić information content (AvgIpc) is 2.35. The Morgan fingerprint density at radius 3 is 2.22 bits per heavy atom. The average molecular weight is 320 g/mol. The summed E-state index contributed by atoms with van der Waals surface area (Å²) in [5, 5.41) is 0. The van der Waals surface area contributed by atoms with Gasteiger partial charge in [-0.2, -0.15) is 0 Å². The summed E-state index contributed by atoms with van der Waals surface area (Å²) in [6.45, 7) is 10.0. The van der Waals surface area contributed by atoms with Crippen molar-refractivity contribution in [3.8, 4) is 0 Å². The minimum atomic E-state index is -0.0363. The molecular weight excluding hydrogens is 294 g/mol. The molecule has 1 fully saturated rings. The molecule has 4 nitrogen and oxygen atoms in total. The molecule has 1 amide bonds. The first-order valence-electron chi connectivity index (χ1n) is 6.71. The molecule has 0 bridgehead atoms. The largest absolute Gasteiger partial charge is 0.339 e. The second-order valence-electron chi connectivity index (χ2n) is 5.62. The molecule has 18 heavy (non-hydrogen) atoms. The van der Waals surface area contributed by atoms with Gasteiger partial charge < -0.3 is 9.80 Å². The van der Waals surface area contributed by atoms with Crippen molar-refractivity contribution in [2.24, 2.45) is 5.92 Å². The van der Waals surface area contributed by atoms with Gasteiger partial charge in [-0.15, -0.1) is 0 Å². The molecule has 1 aliphatic heterocycles. The third kappa shape index (κ3) is 4.86. The van der Waals surface area contributed by atoms with Crippen LogP contribution < -0.4 is 0 Å². The van der Waals surface area contributed by atoms with E-state index in [4.69, 9.17) is 0 Å². The van der Waals surface area contributed by atoms with Crippen molar-refractivity contribution in [1.29, 1.82) is 0 Å². The Morgan fingerprint density at radius 2 is 1.78 bits per heavy atom. The predicted molar refractivity (Wildman–Crippen MR) is 79.1 cm³/mol. The van der Waals surface area contributed by atoms with E-state index in [9.17, 15) is 4.79 Å². The van der Waals surface area contributed by atoms with Gasteiger partial charge in [-0.3, -0.25) is 9.69 Å². The zero-order valence-corrected chi connectivity index (χ0v) is 13.6. The van der Waals surface area contributed by atoms with E-state index in [2.05, 4.69) is 53.7 Å². The molecule has 1 unspecified atom stereocenters. The molecule has 0 radical (unpaired) electrons. The monoisotopic (exact) mass is 319 g/mol. The van der Waals surface area contributed by atoms with Gasteiger partial charge >= 0.3 is 0 Å². The van der Waals surface area contributed by atoms with E-state index in [-0.39, 0.29) is 10.7 Å². The van der Waals surface area contributed by atoms with Crippen molar-refractivity contribution in [1.82, 2.24) is 14.7 Å². The second-order valence-corrected chi connectivity index (χ2v) is 6.60. The molecule has 1 rings (SSSR count). The molecule has 1 aliphatic rings. The summed E-state index contributed by atoms with van der Waals surface area (Å²) in [7, 11) is 4.19. The fraction of sp³-hybridized carbons (Fsp3) is 0.923. The van der Waals surface area contributed by atoms with Crippen LogP contribution in [-0.2, 0) is 4.79 Å². The van der Waals surface area contributed by atoms with Crippen molar-refractivity contribution in [3.63, 3.8) is 0 Å². The number of hydrogen-bond donors (Lipinski definition) is 0. The van der Waals surface area contributed by atoms with E-state index in [0.717, 1.165) is 39.3 Å². The van der Waals surface area contributed by atoms with Crippen molar-refractivity contribution >= 4 is 21.8 Å². The van der Waals surface area contributed by atoms with Gasteiger partial charge in [0.1, 0.15) is 0 Å². The lowest BCUT2D eigenvalue weighted by Crippen LogP contribution is -2.52. The normalized spacial score (nSPS) is 19.6. The Labute approximate surface area is 119 Å². The summed E-state index contributed by atoms with van der Waals surface area (Å²) in [6, 6.07) is 0. The fourth-order valence-electron chi connectivity index (χ4n) is 1.99. The number of rotatable bonds is 5. The minimum absolute atomic E-state index is 0.0363. The van der Waals surface area contributed by atoms with Crippen LogP contribution in [0.4, 0.5) is 0 Å². The van der Waals surface area contributed by atoms with Gasteiger partial charge in [-0.1, -0.05) is 29.8 Å². The number of nitrogens with zero attached hydrogens (tertiary/aromatic N) is 3. The van der Waals surface area contributed by atoms with E-state index < -0.39 is 0 Å². The smallest absolute Gasteiger partial charge is 0.236 e. The second kappa shape index (κ2) is 7.46. The van der Waals surface area contributed by atoms with E-state index in [1.54, 1.807) is 0 Å². The van der Waals surface area contributed by atoms with Crippen LogP contribution in [0.15, 0.2) is 0 Å². The third-order valence-electron chi connectivity index (χ3n) is 3.37. The van der Waals surface area contributed by atoms with Crippen LogP contribution in [0.25, 0.3) is 0 Å². The Bertz CT molecular complexity index is 263. The van der Waals surface area contributed by atoms with Gasteiger partial charge in [0, 0.05) is 39.3 Å². The summed E-state index contributed by atoms with van der Waals surface area (Å²) in [4.78, 5) is 18.8. The Balaban J connectivity index is 2.32. The highest BCUT2D eigenvalue weighted by atomic mass is 79.9. The van der Waals surface area contributed by atoms with Gasteiger partial charge in [0.05, 0.1) is 4.83 Å². The number of carbonyl (C=O) groups excluding carboxylic acids is 1. The highest BCUT2D eigenvalue weighted by Gasteiger charge is 2.27. The van der Waals surface area contributed by atoms with Gasteiger partial charge in [0.25, 0.3) is 0 Å². The van der Waals surface area contributed by atoms with E-state index in [0.29, 0.717) is 5.92 Å². The first-order valence-corrected chi connectivity index (χ1v) is 7.63. The van der Waals surface area contributed by atoms with E-state index in [1.807, 2.05) is 4.90 Å². The molecule has 0 spiro atoms. The lowest BCUT2D eigenvalue weighted by Gasteiger charge is -2.36. The third-order valence-corrected chi connectivity index (χ3v) is 4.82. The number of amides is 1. The highest BCUT2D eigenvalue weighted by molar-refractivity contribution is 9.10. The maximum atomic E-state index is 12.2. The Kier molecular flexibility index (Phi) is 6.60. The maximum absolute atomic E-state index is 12.2. The lowest BCUT2D eigenvalue weighted by molar-refractivity contribution is -0.132. The summed E-state index contributed by atoms with van der Waals surface area (Å²) >= 11 is 3.50. The van der Waals surface area contributed by atoms with Crippen LogP contribution >= 0.6 is 15.9 Å². The standard InChI is InChI=1S/C13H26BrN3O/c1-11(2)12(14)13(18)17-9-7-16(8-10-17)6-5-15(3)4/h11-12H,5-10H2,1-4H3. The van der Waals surface area contributed by atoms with Crippen molar-refractivity contribution in [2.45, 2.75) is 18.7 Å². The molecule has 5 heteroatoms. The van der Waals surface area contributed by atoms with E-state index in [1.165, 1.54) is 0 Å². The van der Waals surface area contributed by atoms with Crippen LogP contribution in [0.5, 0.6) is 0 Å². The first-order chi connectivity index (χ1) is 8.41. The number of piperazine rings is 1. The van der Waals surface area contributed by atoms with Gasteiger partial charge in [-0.25, -0.2) is 0 Å². The lowest BCUT2D eigenvalue weighted by atomic mass is 10.1. The number of hydrogen-bond acceptors (Lipinski definition) is 3. The molecule has 0 aromatic rings. The predicted octanol–water partition coefficient (Wildman–Crippen LogP) is 1.11. The number of carbonyl (C=O) groups is 1. The zero-order chi connectivity index (χ0) is 13.7. The Hall–Kier alpha value is -0.130. The summed E-state index contributed by atoms with van der Waals surface area (Å²) in [5.41, 5.74) is 0. The van der Waals surface area contributed by atoms with Gasteiger partial charge in [-0.05, 0) is 20.0 Å². The first kappa shape index (κ1) is 15.9. The molecule has 1 atom stereocenters. The molecule has 106 valence electrons. The molecular formula is C13H26BrN3O. The summed E-state index contributed by atoms with van der Waals surface area (Å²) in [5.74, 6) is 0.599. The van der Waals surface area contributed by atoms with Crippen molar-refractivity contribution in [3.05, 3.63) is 0 Å². The van der Waals surface area contributed by atoms with Gasteiger partial charge in [0.2, 0.25) is 5.91 Å². The molecule has 1 heterocycles. The van der Waals surface area contributed by atoms with Gasteiger partial charge in [0.15, 0.2) is 0 Å². The molecule has 0 aromatic carbocycles. The number of likely N-dealkylation sites (N-methyl/N-ethyl adjacent to an activating group) is 1. The molecule has 0 saturated carbocycles. The van der Waals surface area contributed by atoms with E-state index >= 15 is 0 Å². The van der Waals surface area contributed by atoms with Crippen molar-refractivity contribution < 1.29 is 4.79 Å². The van der Waals surface area contributed by atoms with Crippen LogP contribution in [-0.4, -0.2) is 78.8 Å².